The van der Waals surface area contributed by atoms with Gasteiger partial charge >= 0.3 is 0 Å². The number of azo groups is 1. The zero-order chi connectivity index (χ0) is 25.5. The lowest BCUT2D eigenvalue weighted by Crippen LogP contribution is -2.16. The van der Waals surface area contributed by atoms with Gasteiger partial charge in [-0.3, -0.25) is 9.35 Å². The Morgan fingerprint density at radius 1 is 1.03 bits per heavy atom. The minimum absolute atomic E-state index is 0.0130. The molecule has 0 aliphatic carbocycles. The molecule has 0 aliphatic heterocycles. The van der Waals surface area contributed by atoms with E-state index >= 15 is 0 Å². The van der Waals surface area contributed by atoms with Crippen molar-refractivity contribution in [1.82, 2.24) is 0 Å². The van der Waals surface area contributed by atoms with Crippen LogP contribution >= 0.6 is 11.6 Å². The second kappa shape index (κ2) is 11.7. The van der Waals surface area contributed by atoms with Crippen LogP contribution in [0.3, 0.4) is 0 Å². The molecule has 0 fully saturated rings. The van der Waals surface area contributed by atoms with Crippen molar-refractivity contribution in [3.63, 3.8) is 0 Å². The van der Waals surface area contributed by atoms with Gasteiger partial charge in [0.15, 0.2) is 9.84 Å². The Hall–Kier alpha value is -2.54. The first-order valence-corrected chi connectivity index (χ1v) is 13.9. The van der Waals surface area contributed by atoms with E-state index in [4.69, 9.17) is 16.3 Å². The second-order valence-electron chi connectivity index (χ2n) is 7.46. The van der Waals surface area contributed by atoms with Crippen LogP contribution in [0.4, 0.5) is 17.1 Å². The number of carbonyl (C=O) groups excluding carboxylic acids is 1. The summed E-state index contributed by atoms with van der Waals surface area (Å²) in [6, 6.07) is 7.10. The van der Waals surface area contributed by atoms with E-state index < -0.39 is 30.8 Å². The number of aryl methyl sites for hydroxylation is 2. The number of nitrogens with zero attached hydrogens (tertiary/aromatic N) is 2. The van der Waals surface area contributed by atoms with Gasteiger partial charge in [0, 0.05) is 24.1 Å². The Kier molecular flexibility index (Phi) is 9.56. The normalized spacial score (nSPS) is 12.1. The highest BCUT2D eigenvalue weighted by molar-refractivity contribution is 7.91. The SMILES string of the molecule is COc1cc(N=Nc2cc(NC(=O)CCCS(=O)(=O)CCCl)ccc2S(=O)(=O)O)c(C)cc1C. The van der Waals surface area contributed by atoms with E-state index in [-0.39, 0.29) is 41.6 Å². The van der Waals surface area contributed by atoms with Gasteiger partial charge in [-0.05, 0) is 49.6 Å². The van der Waals surface area contributed by atoms with Crippen molar-refractivity contribution in [3.8, 4) is 5.75 Å². The Labute approximate surface area is 204 Å². The summed E-state index contributed by atoms with van der Waals surface area (Å²) >= 11 is 5.45. The number of alkyl halides is 1. The van der Waals surface area contributed by atoms with Crippen LogP contribution in [-0.4, -0.2) is 51.8 Å². The van der Waals surface area contributed by atoms with Crippen molar-refractivity contribution < 1.29 is 30.9 Å². The third-order valence-electron chi connectivity index (χ3n) is 4.75. The molecule has 0 spiro atoms. The van der Waals surface area contributed by atoms with Gasteiger partial charge in [-0.2, -0.15) is 13.5 Å². The van der Waals surface area contributed by atoms with Gasteiger partial charge in [0.2, 0.25) is 5.91 Å². The van der Waals surface area contributed by atoms with E-state index in [0.717, 1.165) is 17.2 Å². The molecule has 13 heteroatoms. The number of hydrogen-bond acceptors (Lipinski definition) is 8. The van der Waals surface area contributed by atoms with Crippen molar-refractivity contribution >= 4 is 54.5 Å². The molecule has 2 aromatic carbocycles. The number of sulfone groups is 1. The molecule has 0 saturated heterocycles. The number of anilines is 1. The molecule has 0 unspecified atom stereocenters. The van der Waals surface area contributed by atoms with E-state index in [1.165, 1.54) is 19.2 Å². The highest BCUT2D eigenvalue weighted by Crippen LogP contribution is 2.33. The number of carbonyl (C=O) groups is 1. The van der Waals surface area contributed by atoms with Crippen LogP contribution in [0.2, 0.25) is 0 Å². The largest absolute Gasteiger partial charge is 0.496 e. The van der Waals surface area contributed by atoms with Crippen molar-refractivity contribution in [2.75, 3.05) is 29.8 Å². The Balaban J connectivity index is 2.26. The first-order valence-electron chi connectivity index (χ1n) is 10.1. The predicted molar refractivity (Wildman–Crippen MR) is 130 cm³/mol. The van der Waals surface area contributed by atoms with Gasteiger partial charge in [-0.1, -0.05) is 6.07 Å². The fourth-order valence-corrected chi connectivity index (χ4v) is 5.38. The summed E-state index contributed by atoms with van der Waals surface area (Å²) in [5.74, 6) is -0.242. The lowest BCUT2D eigenvalue weighted by Gasteiger charge is -2.09. The molecule has 0 heterocycles. The molecule has 186 valence electrons. The van der Waals surface area contributed by atoms with Gasteiger partial charge in [0.05, 0.1) is 24.3 Å². The molecular weight excluding hydrogens is 506 g/mol. The Morgan fingerprint density at radius 2 is 1.71 bits per heavy atom. The number of methoxy groups -OCH3 is 1. The maximum absolute atomic E-state index is 12.2. The summed E-state index contributed by atoms with van der Waals surface area (Å²) < 4.78 is 61.8. The fourth-order valence-electron chi connectivity index (χ4n) is 3.04. The van der Waals surface area contributed by atoms with Crippen LogP contribution in [0.25, 0.3) is 0 Å². The van der Waals surface area contributed by atoms with Gasteiger partial charge in [-0.15, -0.1) is 16.7 Å². The van der Waals surface area contributed by atoms with Crippen LogP contribution in [0.15, 0.2) is 45.5 Å². The number of amides is 1. The van der Waals surface area contributed by atoms with E-state index in [0.29, 0.717) is 11.4 Å². The van der Waals surface area contributed by atoms with Crippen molar-refractivity contribution in [2.45, 2.75) is 31.6 Å². The topological polar surface area (TPSA) is 152 Å². The fraction of sp³-hybridized carbons (Fsp3) is 0.381. The number of hydrogen-bond donors (Lipinski definition) is 2. The van der Waals surface area contributed by atoms with Crippen LogP contribution < -0.4 is 10.1 Å². The minimum atomic E-state index is -4.62. The van der Waals surface area contributed by atoms with Crippen molar-refractivity contribution in [3.05, 3.63) is 41.5 Å². The summed E-state index contributed by atoms with van der Waals surface area (Å²) in [7, 11) is -6.43. The molecule has 0 bridgehead atoms. The average molecular weight is 532 g/mol. The molecule has 0 radical (unpaired) electrons. The smallest absolute Gasteiger partial charge is 0.296 e. The van der Waals surface area contributed by atoms with Crippen LogP contribution in [0.1, 0.15) is 24.0 Å². The summed E-state index contributed by atoms with van der Waals surface area (Å²) in [4.78, 5) is 11.7. The van der Waals surface area contributed by atoms with E-state index in [1.54, 1.807) is 13.0 Å². The third-order valence-corrected chi connectivity index (χ3v) is 7.80. The minimum Gasteiger partial charge on any atom is -0.496 e. The zero-order valence-electron chi connectivity index (χ0n) is 18.9. The number of ether oxygens (including phenoxy) is 1. The monoisotopic (exact) mass is 531 g/mol. The Morgan fingerprint density at radius 3 is 2.32 bits per heavy atom. The third kappa shape index (κ3) is 8.05. The first-order chi connectivity index (χ1) is 15.9. The zero-order valence-corrected chi connectivity index (χ0v) is 21.3. The van der Waals surface area contributed by atoms with E-state index in [9.17, 15) is 26.2 Å². The second-order valence-corrected chi connectivity index (χ2v) is 11.5. The van der Waals surface area contributed by atoms with Crippen molar-refractivity contribution in [2.24, 2.45) is 10.2 Å². The van der Waals surface area contributed by atoms with Crippen LogP contribution in [-0.2, 0) is 24.7 Å². The van der Waals surface area contributed by atoms with Crippen molar-refractivity contribution in [1.29, 1.82) is 0 Å². The number of nitrogens with one attached hydrogen (secondary N) is 1. The lowest BCUT2D eigenvalue weighted by atomic mass is 10.1. The lowest BCUT2D eigenvalue weighted by molar-refractivity contribution is -0.116. The quantitative estimate of drug-likeness (QED) is 0.248. The molecule has 0 aliphatic rings. The molecule has 34 heavy (non-hydrogen) atoms. The molecule has 0 saturated carbocycles. The number of rotatable bonds is 11. The van der Waals surface area contributed by atoms with Gasteiger partial charge in [0.1, 0.15) is 16.3 Å². The standard InChI is InChI=1S/C21H26ClN3O7S2/c1-14-11-15(2)19(32-3)13-17(14)24-25-18-12-16(6-7-20(18)34(29,30)31)23-21(26)5-4-9-33(27,28)10-8-22/h6-7,11-13H,4-5,8-10H2,1-3H3,(H,23,26)(H,29,30,31). The first kappa shape index (κ1) is 27.7. The number of benzene rings is 2. The highest BCUT2D eigenvalue weighted by Gasteiger charge is 2.18. The number of halogens is 1. The molecule has 0 aromatic heterocycles. The highest BCUT2D eigenvalue weighted by atomic mass is 35.5. The predicted octanol–water partition coefficient (Wildman–Crippen LogP) is 4.35. The maximum atomic E-state index is 12.2. The van der Waals surface area contributed by atoms with E-state index in [1.807, 2.05) is 13.0 Å². The Bertz CT molecular complexity index is 1290. The maximum Gasteiger partial charge on any atom is 0.296 e. The molecule has 10 nitrogen and oxygen atoms in total. The molecule has 0 atom stereocenters. The van der Waals surface area contributed by atoms with Gasteiger partial charge in [0.25, 0.3) is 10.1 Å². The molecule has 2 rings (SSSR count). The summed E-state index contributed by atoms with van der Waals surface area (Å²) in [5.41, 5.74) is 2.09. The summed E-state index contributed by atoms with van der Waals surface area (Å²) in [5, 5.41) is 10.6. The molecular formula is C21H26ClN3O7S2. The molecule has 2 N–H and O–H groups in total. The summed E-state index contributed by atoms with van der Waals surface area (Å²) in [6.07, 6.45) is 0.0377. The van der Waals surface area contributed by atoms with Crippen LogP contribution in [0, 0.1) is 13.8 Å². The molecule has 2 aromatic rings. The molecule has 1 amide bonds. The van der Waals surface area contributed by atoms with Crippen LogP contribution in [0.5, 0.6) is 5.75 Å². The van der Waals surface area contributed by atoms with Gasteiger partial charge < -0.3 is 10.1 Å². The van der Waals surface area contributed by atoms with Gasteiger partial charge in [-0.25, -0.2) is 8.42 Å². The van der Waals surface area contributed by atoms with E-state index in [2.05, 4.69) is 15.5 Å². The summed E-state index contributed by atoms with van der Waals surface area (Å²) in [6.45, 7) is 3.66. The average Bonchev–Trinajstić information content (AvgIpc) is 2.72.